The Hall–Kier alpha value is -1.81. The van der Waals surface area contributed by atoms with Crippen LogP contribution in [-0.2, 0) is 6.54 Å². The van der Waals surface area contributed by atoms with Gasteiger partial charge in [-0.25, -0.2) is 4.98 Å². The van der Waals surface area contributed by atoms with Crippen LogP contribution in [0.15, 0.2) is 34.9 Å². The highest BCUT2D eigenvalue weighted by Crippen LogP contribution is 2.25. The van der Waals surface area contributed by atoms with Gasteiger partial charge in [-0.3, -0.25) is 0 Å². The summed E-state index contributed by atoms with van der Waals surface area (Å²) < 4.78 is 11.3. The van der Waals surface area contributed by atoms with Gasteiger partial charge in [0.2, 0.25) is 5.89 Å². The first-order valence-corrected chi connectivity index (χ1v) is 6.36. The number of oxazole rings is 1. The highest BCUT2D eigenvalue weighted by molar-refractivity contribution is 5.58. The van der Waals surface area contributed by atoms with E-state index < -0.39 is 0 Å². The third-order valence-corrected chi connectivity index (χ3v) is 2.52. The second-order valence-corrected chi connectivity index (χ2v) is 5.70. The molecule has 0 amide bonds. The molecule has 0 aliphatic rings. The Labute approximate surface area is 113 Å². The third-order valence-electron chi connectivity index (χ3n) is 2.52. The maximum absolute atomic E-state index is 5.78. The van der Waals surface area contributed by atoms with Gasteiger partial charge < -0.3 is 14.9 Å². The predicted octanol–water partition coefficient (Wildman–Crippen LogP) is 3.23. The van der Waals surface area contributed by atoms with Crippen molar-refractivity contribution in [1.82, 2.24) is 4.98 Å². The molecule has 19 heavy (non-hydrogen) atoms. The molecule has 2 rings (SSSR count). The molecule has 0 aliphatic carbocycles. The molecular formula is C15H20N2O2. The number of nitrogens with two attached hydrogens (primary N) is 1. The minimum atomic E-state index is 0.134. The zero-order valence-corrected chi connectivity index (χ0v) is 11.6. The number of aromatic nitrogens is 1. The molecule has 0 aliphatic heterocycles. The van der Waals surface area contributed by atoms with Crippen LogP contribution in [0.2, 0.25) is 0 Å². The molecule has 0 saturated carbocycles. The molecule has 2 aromatic rings. The summed E-state index contributed by atoms with van der Waals surface area (Å²) in [6.45, 7) is 7.39. The molecule has 1 heterocycles. The lowest BCUT2D eigenvalue weighted by atomic mass is 9.99. The molecule has 0 radical (unpaired) electrons. The third kappa shape index (κ3) is 3.83. The molecule has 0 spiro atoms. The van der Waals surface area contributed by atoms with Crippen molar-refractivity contribution in [2.24, 2.45) is 11.1 Å². The molecule has 0 atom stereocenters. The van der Waals surface area contributed by atoms with E-state index in [1.54, 1.807) is 6.20 Å². The van der Waals surface area contributed by atoms with Crippen LogP contribution in [0.4, 0.5) is 0 Å². The van der Waals surface area contributed by atoms with Crippen LogP contribution in [0.5, 0.6) is 5.75 Å². The Morgan fingerprint density at radius 3 is 2.74 bits per heavy atom. The van der Waals surface area contributed by atoms with Crippen molar-refractivity contribution in [2.75, 3.05) is 6.61 Å². The molecule has 2 N–H and O–H groups in total. The van der Waals surface area contributed by atoms with E-state index in [1.165, 1.54) is 0 Å². The van der Waals surface area contributed by atoms with Gasteiger partial charge in [-0.05, 0) is 17.5 Å². The fraction of sp³-hybridized carbons (Fsp3) is 0.400. The van der Waals surface area contributed by atoms with Gasteiger partial charge in [0.1, 0.15) is 5.75 Å². The van der Waals surface area contributed by atoms with Crippen LogP contribution in [-0.4, -0.2) is 11.6 Å². The SMILES string of the molecule is CC(C)(C)COc1cccc(-c2cnc(CN)o2)c1. The van der Waals surface area contributed by atoms with E-state index >= 15 is 0 Å². The monoisotopic (exact) mass is 260 g/mol. The zero-order chi connectivity index (χ0) is 13.9. The van der Waals surface area contributed by atoms with Crippen molar-refractivity contribution >= 4 is 0 Å². The first-order chi connectivity index (χ1) is 8.98. The van der Waals surface area contributed by atoms with Crippen LogP contribution < -0.4 is 10.5 Å². The standard InChI is InChI=1S/C15H20N2O2/c1-15(2,3)10-18-12-6-4-5-11(7-12)13-9-17-14(8-16)19-13/h4-7,9H,8,10,16H2,1-3H3. The molecule has 0 fully saturated rings. The fourth-order valence-corrected chi connectivity index (χ4v) is 1.58. The molecule has 0 bridgehead atoms. The van der Waals surface area contributed by atoms with Gasteiger partial charge in [0, 0.05) is 5.56 Å². The van der Waals surface area contributed by atoms with Crippen LogP contribution in [0, 0.1) is 5.41 Å². The number of nitrogens with zero attached hydrogens (tertiary/aromatic N) is 1. The van der Waals surface area contributed by atoms with Crippen LogP contribution in [0.3, 0.4) is 0 Å². The zero-order valence-electron chi connectivity index (χ0n) is 11.6. The van der Waals surface area contributed by atoms with Crippen LogP contribution >= 0.6 is 0 Å². The van der Waals surface area contributed by atoms with Gasteiger partial charge in [-0.1, -0.05) is 32.9 Å². The molecule has 1 aromatic heterocycles. The second-order valence-electron chi connectivity index (χ2n) is 5.70. The lowest BCUT2D eigenvalue weighted by Gasteiger charge is -2.18. The average Bonchev–Trinajstić information content (AvgIpc) is 2.85. The number of hydrogen-bond donors (Lipinski definition) is 1. The van der Waals surface area contributed by atoms with E-state index in [0.29, 0.717) is 24.8 Å². The van der Waals surface area contributed by atoms with Gasteiger partial charge in [0.05, 0.1) is 19.3 Å². The van der Waals surface area contributed by atoms with Crippen molar-refractivity contribution in [2.45, 2.75) is 27.3 Å². The van der Waals surface area contributed by atoms with Gasteiger partial charge >= 0.3 is 0 Å². The Morgan fingerprint density at radius 1 is 1.32 bits per heavy atom. The molecule has 102 valence electrons. The van der Waals surface area contributed by atoms with Gasteiger partial charge in [-0.2, -0.15) is 0 Å². The minimum absolute atomic E-state index is 0.134. The normalized spacial score (nSPS) is 11.6. The largest absolute Gasteiger partial charge is 0.493 e. The number of ether oxygens (including phenoxy) is 1. The molecular weight excluding hydrogens is 240 g/mol. The van der Waals surface area contributed by atoms with Crippen molar-refractivity contribution in [3.63, 3.8) is 0 Å². The summed E-state index contributed by atoms with van der Waals surface area (Å²) in [5.41, 5.74) is 6.56. The lowest BCUT2D eigenvalue weighted by Crippen LogP contribution is -2.16. The summed E-state index contributed by atoms with van der Waals surface area (Å²) >= 11 is 0. The Balaban J connectivity index is 2.15. The van der Waals surface area contributed by atoms with Crippen LogP contribution in [0.1, 0.15) is 26.7 Å². The number of rotatable bonds is 4. The predicted molar refractivity (Wildman–Crippen MR) is 74.8 cm³/mol. The summed E-state index contributed by atoms with van der Waals surface area (Å²) in [4.78, 5) is 4.09. The molecule has 4 nitrogen and oxygen atoms in total. The first kappa shape index (κ1) is 13.6. The highest BCUT2D eigenvalue weighted by atomic mass is 16.5. The van der Waals surface area contributed by atoms with E-state index in [2.05, 4.69) is 25.8 Å². The van der Waals surface area contributed by atoms with Gasteiger partial charge in [0.15, 0.2) is 5.76 Å². The molecule has 0 saturated heterocycles. The molecule has 1 aromatic carbocycles. The molecule has 4 heteroatoms. The summed E-state index contributed by atoms with van der Waals surface area (Å²) in [6.07, 6.45) is 1.69. The smallest absolute Gasteiger partial charge is 0.208 e. The van der Waals surface area contributed by atoms with E-state index in [9.17, 15) is 0 Å². The fourth-order valence-electron chi connectivity index (χ4n) is 1.58. The minimum Gasteiger partial charge on any atom is -0.493 e. The number of benzene rings is 1. The van der Waals surface area contributed by atoms with E-state index in [-0.39, 0.29) is 5.41 Å². The van der Waals surface area contributed by atoms with Gasteiger partial charge in [-0.15, -0.1) is 0 Å². The van der Waals surface area contributed by atoms with E-state index in [4.69, 9.17) is 14.9 Å². The Kier molecular flexibility index (Phi) is 3.90. The summed E-state index contributed by atoms with van der Waals surface area (Å²) in [6, 6.07) is 7.80. The maximum atomic E-state index is 5.78. The van der Waals surface area contributed by atoms with Gasteiger partial charge in [0.25, 0.3) is 0 Å². The van der Waals surface area contributed by atoms with E-state index in [0.717, 1.165) is 11.3 Å². The Bertz CT molecular complexity index is 541. The molecule has 0 unspecified atom stereocenters. The average molecular weight is 260 g/mol. The Morgan fingerprint density at radius 2 is 2.11 bits per heavy atom. The van der Waals surface area contributed by atoms with Crippen molar-refractivity contribution in [3.05, 3.63) is 36.4 Å². The van der Waals surface area contributed by atoms with Crippen molar-refractivity contribution in [1.29, 1.82) is 0 Å². The van der Waals surface area contributed by atoms with Crippen molar-refractivity contribution < 1.29 is 9.15 Å². The van der Waals surface area contributed by atoms with E-state index in [1.807, 2.05) is 24.3 Å². The lowest BCUT2D eigenvalue weighted by molar-refractivity contribution is 0.198. The summed E-state index contributed by atoms with van der Waals surface area (Å²) in [5.74, 6) is 2.08. The topological polar surface area (TPSA) is 61.3 Å². The first-order valence-electron chi connectivity index (χ1n) is 6.36. The summed E-state index contributed by atoms with van der Waals surface area (Å²) in [7, 11) is 0. The quantitative estimate of drug-likeness (QED) is 0.916. The maximum Gasteiger partial charge on any atom is 0.208 e. The highest BCUT2D eigenvalue weighted by Gasteiger charge is 2.12. The number of hydrogen-bond acceptors (Lipinski definition) is 4. The second kappa shape index (κ2) is 5.45. The van der Waals surface area contributed by atoms with Crippen molar-refractivity contribution in [3.8, 4) is 17.1 Å². The summed E-state index contributed by atoms with van der Waals surface area (Å²) in [5, 5.41) is 0. The van der Waals surface area contributed by atoms with Crippen LogP contribution in [0.25, 0.3) is 11.3 Å².